The molecular weight excluding hydrogens is 254 g/mol. The van der Waals surface area contributed by atoms with Crippen LogP contribution in [0.3, 0.4) is 0 Å². The molecule has 0 aromatic heterocycles. The van der Waals surface area contributed by atoms with Crippen LogP contribution in [0.2, 0.25) is 0 Å². The largest absolute Gasteiger partial charge is 0.492 e. The highest BCUT2D eigenvalue weighted by Gasteiger charge is 2.13. The van der Waals surface area contributed by atoms with Crippen molar-refractivity contribution in [3.63, 3.8) is 0 Å². The zero-order valence-corrected chi connectivity index (χ0v) is 11.7. The maximum absolute atomic E-state index is 8.57. The van der Waals surface area contributed by atoms with Crippen molar-refractivity contribution in [3.05, 3.63) is 29.8 Å². The van der Waals surface area contributed by atoms with E-state index in [-0.39, 0.29) is 5.84 Å². The lowest BCUT2D eigenvalue weighted by molar-refractivity contribution is 0.308. The van der Waals surface area contributed by atoms with E-state index in [1.54, 1.807) is 12.1 Å². The van der Waals surface area contributed by atoms with E-state index in [0.717, 1.165) is 24.8 Å². The van der Waals surface area contributed by atoms with Gasteiger partial charge in [-0.2, -0.15) is 0 Å². The molecule has 20 heavy (non-hydrogen) atoms. The number of oxime groups is 1. The van der Waals surface area contributed by atoms with Gasteiger partial charge in [-0.05, 0) is 49.6 Å². The highest BCUT2D eigenvalue weighted by atomic mass is 16.5. The lowest BCUT2D eigenvalue weighted by atomic mass is 10.1. The second-order valence-electron chi connectivity index (χ2n) is 5.21. The van der Waals surface area contributed by atoms with E-state index >= 15 is 0 Å². The Balaban J connectivity index is 1.63. The molecule has 0 bridgehead atoms. The summed E-state index contributed by atoms with van der Waals surface area (Å²) in [6.45, 7) is 2.61. The summed E-state index contributed by atoms with van der Waals surface area (Å²) in [6, 6.07) is 7.20. The lowest BCUT2D eigenvalue weighted by Gasteiger charge is -2.11. The number of amidine groups is 1. The molecule has 110 valence electrons. The van der Waals surface area contributed by atoms with Crippen molar-refractivity contribution >= 4 is 5.84 Å². The third kappa shape index (κ3) is 4.42. The van der Waals surface area contributed by atoms with Crippen LogP contribution in [0.25, 0.3) is 0 Å². The number of hydrogen-bond acceptors (Lipinski definition) is 4. The van der Waals surface area contributed by atoms with Gasteiger partial charge in [-0.3, -0.25) is 0 Å². The molecular formula is C15H23N3O2. The molecule has 5 nitrogen and oxygen atoms in total. The van der Waals surface area contributed by atoms with Gasteiger partial charge in [-0.25, -0.2) is 0 Å². The van der Waals surface area contributed by atoms with Gasteiger partial charge in [0.25, 0.3) is 0 Å². The first-order valence-corrected chi connectivity index (χ1v) is 7.21. The lowest BCUT2D eigenvalue weighted by Crippen LogP contribution is -2.26. The van der Waals surface area contributed by atoms with Gasteiger partial charge >= 0.3 is 0 Å². The van der Waals surface area contributed by atoms with Gasteiger partial charge in [0, 0.05) is 12.1 Å². The van der Waals surface area contributed by atoms with Gasteiger partial charge in [-0.1, -0.05) is 18.0 Å². The molecule has 1 aliphatic rings. The minimum atomic E-state index is 0.106. The molecule has 0 spiro atoms. The summed E-state index contributed by atoms with van der Waals surface area (Å²) in [5.74, 6) is 1.76. The molecule has 1 fully saturated rings. The van der Waals surface area contributed by atoms with Crippen molar-refractivity contribution in [1.29, 1.82) is 0 Å². The van der Waals surface area contributed by atoms with E-state index in [4.69, 9.17) is 15.7 Å². The molecule has 1 aromatic rings. The van der Waals surface area contributed by atoms with E-state index in [9.17, 15) is 0 Å². The number of hydrogen-bond donors (Lipinski definition) is 3. The predicted octanol–water partition coefficient (Wildman–Crippen LogP) is 1.94. The summed E-state index contributed by atoms with van der Waals surface area (Å²) < 4.78 is 5.63. The minimum absolute atomic E-state index is 0.106. The molecule has 1 saturated carbocycles. The van der Waals surface area contributed by atoms with Gasteiger partial charge in [-0.15, -0.1) is 0 Å². The maximum Gasteiger partial charge on any atom is 0.170 e. The normalized spacial score (nSPS) is 16.5. The molecule has 2 rings (SSSR count). The van der Waals surface area contributed by atoms with Crippen LogP contribution in [-0.4, -0.2) is 30.7 Å². The fourth-order valence-corrected chi connectivity index (χ4v) is 2.54. The Hall–Kier alpha value is -1.75. The Morgan fingerprint density at radius 1 is 1.30 bits per heavy atom. The van der Waals surface area contributed by atoms with Crippen LogP contribution in [0.1, 0.15) is 31.2 Å². The molecule has 1 aliphatic carbocycles. The Bertz CT molecular complexity index is 425. The summed E-state index contributed by atoms with van der Waals surface area (Å²) in [5, 5.41) is 15.0. The van der Waals surface area contributed by atoms with Crippen molar-refractivity contribution in [3.8, 4) is 5.75 Å². The molecule has 0 heterocycles. The van der Waals surface area contributed by atoms with Gasteiger partial charge < -0.3 is 21.0 Å². The summed E-state index contributed by atoms with van der Waals surface area (Å²) in [6.07, 6.45) is 5.50. The van der Waals surface area contributed by atoms with Crippen LogP contribution in [0.4, 0.5) is 0 Å². The van der Waals surface area contributed by atoms with Crippen LogP contribution in [0.5, 0.6) is 5.75 Å². The van der Waals surface area contributed by atoms with Crippen LogP contribution in [0.15, 0.2) is 29.4 Å². The standard InChI is InChI=1S/C15H23N3O2/c16-15(18-19)13-5-7-14(8-6-13)20-10-9-17-11-12-3-1-2-4-12/h5-8,12,17,19H,1-4,9-11H2,(H2,16,18). The van der Waals surface area contributed by atoms with Crippen molar-refractivity contribution in [2.45, 2.75) is 25.7 Å². The summed E-state index contributed by atoms with van der Waals surface area (Å²) in [7, 11) is 0. The molecule has 0 aliphatic heterocycles. The molecule has 0 radical (unpaired) electrons. The van der Waals surface area contributed by atoms with Crippen LogP contribution >= 0.6 is 0 Å². The fraction of sp³-hybridized carbons (Fsp3) is 0.533. The SMILES string of the molecule is NC(=NO)c1ccc(OCCNCC2CCCC2)cc1. The fourth-order valence-electron chi connectivity index (χ4n) is 2.54. The van der Waals surface area contributed by atoms with Crippen LogP contribution < -0.4 is 15.8 Å². The van der Waals surface area contributed by atoms with Gasteiger partial charge in [0.15, 0.2) is 5.84 Å². The summed E-state index contributed by atoms with van der Waals surface area (Å²) >= 11 is 0. The van der Waals surface area contributed by atoms with E-state index in [0.29, 0.717) is 12.2 Å². The maximum atomic E-state index is 8.57. The quantitative estimate of drug-likeness (QED) is 0.234. The average molecular weight is 277 g/mol. The van der Waals surface area contributed by atoms with Crippen LogP contribution in [0, 0.1) is 5.92 Å². The number of benzene rings is 1. The highest BCUT2D eigenvalue weighted by molar-refractivity contribution is 5.97. The first-order chi connectivity index (χ1) is 9.79. The van der Waals surface area contributed by atoms with Gasteiger partial charge in [0.2, 0.25) is 0 Å². The molecule has 0 atom stereocenters. The topological polar surface area (TPSA) is 79.9 Å². The third-order valence-electron chi connectivity index (χ3n) is 3.71. The van der Waals surface area contributed by atoms with Gasteiger partial charge in [0.1, 0.15) is 12.4 Å². The van der Waals surface area contributed by atoms with Crippen molar-refractivity contribution in [1.82, 2.24) is 5.32 Å². The summed E-state index contributed by atoms with van der Waals surface area (Å²) in [4.78, 5) is 0. The third-order valence-corrected chi connectivity index (χ3v) is 3.71. The predicted molar refractivity (Wildman–Crippen MR) is 79.3 cm³/mol. The molecule has 0 unspecified atom stereocenters. The first kappa shape index (κ1) is 14.7. The molecule has 0 amide bonds. The number of rotatable bonds is 7. The van der Waals surface area contributed by atoms with Crippen LogP contribution in [-0.2, 0) is 0 Å². The van der Waals surface area contributed by atoms with Crippen molar-refractivity contribution < 1.29 is 9.94 Å². The van der Waals surface area contributed by atoms with E-state index < -0.39 is 0 Å². The average Bonchev–Trinajstić information content (AvgIpc) is 3.00. The smallest absolute Gasteiger partial charge is 0.170 e. The second-order valence-corrected chi connectivity index (χ2v) is 5.21. The first-order valence-electron chi connectivity index (χ1n) is 7.21. The minimum Gasteiger partial charge on any atom is -0.492 e. The Labute approximate surface area is 119 Å². The van der Waals surface area contributed by atoms with Gasteiger partial charge in [0.05, 0.1) is 0 Å². The molecule has 4 N–H and O–H groups in total. The number of nitrogens with one attached hydrogen (secondary N) is 1. The number of nitrogens with zero attached hydrogens (tertiary/aromatic N) is 1. The Kier molecular flexibility index (Phi) is 5.68. The number of nitrogens with two attached hydrogens (primary N) is 1. The highest BCUT2D eigenvalue weighted by Crippen LogP contribution is 2.23. The van der Waals surface area contributed by atoms with Crippen molar-refractivity contribution in [2.24, 2.45) is 16.8 Å². The Morgan fingerprint density at radius 2 is 2.00 bits per heavy atom. The molecule has 5 heteroatoms. The second kappa shape index (κ2) is 7.75. The molecule has 1 aromatic carbocycles. The van der Waals surface area contributed by atoms with E-state index in [2.05, 4.69) is 10.5 Å². The molecule has 0 saturated heterocycles. The van der Waals surface area contributed by atoms with Crippen molar-refractivity contribution in [2.75, 3.05) is 19.7 Å². The number of ether oxygens (including phenoxy) is 1. The van der Waals surface area contributed by atoms with E-state index in [1.807, 2.05) is 12.1 Å². The monoisotopic (exact) mass is 277 g/mol. The zero-order chi connectivity index (χ0) is 14.2. The Morgan fingerprint density at radius 3 is 2.65 bits per heavy atom. The zero-order valence-electron chi connectivity index (χ0n) is 11.7. The van der Waals surface area contributed by atoms with E-state index in [1.165, 1.54) is 25.7 Å². The summed E-state index contributed by atoms with van der Waals surface area (Å²) in [5.41, 5.74) is 6.17.